The summed E-state index contributed by atoms with van der Waals surface area (Å²) in [5, 5.41) is 1.28. The first kappa shape index (κ1) is 17.5. The molecule has 0 N–H and O–H groups in total. The van der Waals surface area contributed by atoms with Gasteiger partial charge < -0.3 is 4.90 Å². The molecule has 27 heavy (non-hydrogen) atoms. The highest BCUT2D eigenvalue weighted by Gasteiger charge is 2.56. The Morgan fingerprint density at radius 1 is 1.00 bits per heavy atom. The SMILES string of the molecule is Cc1ccc(N(C(=O)C23CC4CC(CC(C4)C2)C3)[C@@H]2C=CS(=O)(=O)C2)cc1. The largest absolute Gasteiger partial charge is 0.304 e. The highest BCUT2D eigenvalue weighted by molar-refractivity contribution is 7.94. The second kappa shape index (κ2) is 5.94. The summed E-state index contributed by atoms with van der Waals surface area (Å²) in [6.45, 7) is 2.02. The summed E-state index contributed by atoms with van der Waals surface area (Å²) in [5.41, 5.74) is 1.68. The van der Waals surface area contributed by atoms with Gasteiger partial charge in [0, 0.05) is 11.1 Å². The molecule has 1 heterocycles. The van der Waals surface area contributed by atoms with Crippen molar-refractivity contribution in [3.05, 3.63) is 41.3 Å². The number of carbonyl (C=O) groups is 1. The van der Waals surface area contributed by atoms with Gasteiger partial charge in [-0.25, -0.2) is 8.42 Å². The van der Waals surface area contributed by atoms with Gasteiger partial charge in [-0.05, 0) is 81.4 Å². The first-order chi connectivity index (χ1) is 12.8. The summed E-state index contributed by atoms with van der Waals surface area (Å²) >= 11 is 0. The fourth-order valence-corrected chi connectivity index (χ4v) is 7.78. The van der Waals surface area contributed by atoms with Crippen LogP contribution in [0.5, 0.6) is 0 Å². The van der Waals surface area contributed by atoms with Gasteiger partial charge in [0.25, 0.3) is 0 Å². The van der Waals surface area contributed by atoms with Crippen LogP contribution in [-0.4, -0.2) is 26.1 Å². The number of hydrogen-bond acceptors (Lipinski definition) is 3. The van der Waals surface area contributed by atoms with Gasteiger partial charge in [0.2, 0.25) is 5.91 Å². The first-order valence-electron chi connectivity index (χ1n) is 10.1. The molecular formula is C22H27NO3S. The molecule has 4 bridgehead atoms. The van der Waals surface area contributed by atoms with Crippen LogP contribution < -0.4 is 4.90 Å². The van der Waals surface area contributed by atoms with E-state index in [1.807, 2.05) is 36.1 Å². The number of hydrogen-bond donors (Lipinski definition) is 0. The summed E-state index contributed by atoms with van der Waals surface area (Å²) in [5.74, 6) is 2.21. The van der Waals surface area contributed by atoms with Gasteiger partial charge in [0.05, 0.1) is 17.2 Å². The molecule has 1 aromatic carbocycles. The minimum Gasteiger partial charge on any atom is -0.304 e. The molecule has 5 heteroatoms. The van der Waals surface area contributed by atoms with Crippen molar-refractivity contribution in [2.24, 2.45) is 23.2 Å². The molecule has 4 nitrogen and oxygen atoms in total. The molecule has 1 aliphatic heterocycles. The van der Waals surface area contributed by atoms with Crippen molar-refractivity contribution >= 4 is 21.4 Å². The van der Waals surface area contributed by atoms with E-state index in [0.717, 1.165) is 30.5 Å². The van der Waals surface area contributed by atoms with Crippen LogP contribution in [0.25, 0.3) is 0 Å². The Morgan fingerprint density at radius 3 is 2.04 bits per heavy atom. The van der Waals surface area contributed by atoms with Crippen LogP contribution in [0.1, 0.15) is 44.1 Å². The van der Waals surface area contributed by atoms with Crippen LogP contribution in [0.2, 0.25) is 0 Å². The Kier molecular flexibility index (Phi) is 3.84. The molecule has 0 saturated heterocycles. The predicted molar refractivity (Wildman–Crippen MR) is 106 cm³/mol. The van der Waals surface area contributed by atoms with Crippen LogP contribution in [0.4, 0.5) is 5.69 Å². The minimum atomic E-state index is -3.22. The maximum Gasteiger partial charge on any atom is 0.233 e. The Morgan fingerprint density at radius 2 is 1.56 bits per heavy atom. The molecule has 4 fully saturated rings. The van der Waals surface area contributed by atoms with Crippen molar-refractivity contribution in [1.29, 1.82) is 0 Å². The monoisotopic (exact) mass is 385 g/mol. The molecule has 5 aliphatic rings. The van der Waals surface area contributed by atoms with Crippen LogP contribution in [-0.2, 0) is 14.6 Å². The predicted octanol–water partition coefficient (Wildman–Crippen LogP) is 3.86. The van der Waals surface area contributed by atoms with E-state index in [2.05, 4.69) is 0 Å². The van der Waals surface area contributed by atoms with Crippen molar-refractivity contribution in [2.75, 3.05) is 10.7 Å². The number of benzene rings is 1. The van der Waals surface area contributed by atoms with Crippen LogP contribution in [0.15, 0.2) is 35.7 Å². The van der Waals surface area contributed by atoms with Gasteiger partial charge in [0.1, 0.15) is 0 Å². The summed E-state index contributed by atoms with van der Waals surface area (Å²) in [6.07, 6.45) is 8.53. The van der Waals surface area contributed by atoms with E-state index in [9.17, 15) is 13.2 Å². The number of anilines is 1. The molecule has 1 atom stereocenters. The van der Waals surface area contributed by atoms with Crippen LogP contribution >= 0.6 is 0 Å². The van der Waals surface area contributed by atoms with Crippen molar-refractivity contribution in [3.63, 3.8) is 0 Å². The molecule has 4 saturated carbocycles. The van der Waals surface area contributed by atoms with Gasteiger partial charge >= 0.3 is 0 Å². The molecule has 144 valence electrons. The third-order valence-electron chi connectivity index (χ3n) is 7.27. The quantitative estimate of drug-likeness (QED) is 0.794. The fraction of sp³-hybridized carbons (Fsp3) is 0.591. The van der Waals surface area contributed by atoms with E-state index >= 15 is 0 Å². The standard InChI is InChI=1S/C22H27NO3S/c1-15-2-4-19(5-3-15)23(20-6-7-27(25,26)14-20)21(24)22-11-16-8-17(12-22)10-18(9-16)13-22/h2-7,16-18,20H,8-14H2,1H3/t16?,17?,18?,20-,22?/m1/s1. The normalized spacial score (nSPS) is 38.3. The summed E-state index contributed by atoms with van der Waals surface area (Å²) < 4.78 is 24.2. The second-order valence-corrected chi connectivity index (χ2v) is 11.4. The third-order valence-corrected chi connectivity index (χ3v) is 8.64. The lowest BCUT2D eigenvalue weighted by Crippen LogP contribution is -2.57. The Labute approximate surface area is 161 Å². The number of carbonyl (C=O) groups excluding carboxylic acids is 1. The molecule has 0 unspecified atom stereocenters. The molecule has 1 amide bonds. The van der Waals surface area contributed by atoms with Crippen LogP contribution in [0.3, 0.4) is 0 Å². The van der Waals surface area contributed by atoms with Crippen molar-refractivity contribution in [2.45, 2.75) is 51.5 Å². The van der Waals surface area contributed by atoms with E-state index in [1.165, 1.54) is 24.7 Å². The molecule has 0 radical (unpaired) electrons. The number of sulfone groups is 1. The molecule has 6 rings (SSSR count). The lowest BCUT2D eigenvalue weighted by atomic mass is 9.49. The minimum absolute atomic E-state index is 0.00101. The van der Waals surface area contributed by atoms with Gasteiger partial charge in [-0.3, -0.25) is 4.79 Å². The zero-order valence-electron chi connectivity index (χ0n) is 15.8. The van der Waals surface area contributed by atoms with E-state index < -0.39 is 15.9 Å². The summed E-state index contributed by atoms with van der Waals surface area (Å²) in [7, 11) is -3.22. The molecule has 1 aromatic rings. The van der Waals surface area contributed by atoms with Gasteiger partial charge in [-0.2, -0.15) is 0 Å². The number of rotatable bonds is 3. The highest BCUT2D eigenvalue weighted by atomic mass is 32.2. The molecule has 0 spiro atoms. The van der Waals surface area contributed by atoms with Crippen LogP contribution in [0, 0.1) is 30.1 Å². The second-order valence-electron chi connectivity index (χ2n) is 9.43. The average molecular weight is 386 g/mol. The molecule has 0 aromatic heterocycles. The van der Waals surface area contributed by atoms with Gasteiger partial charge in [-0.15, -0.1) is 0 Å². The van der Waals surface area contributed by atoms with E-state index in [-0.39, 0.29) is 17.1 Å². The smallest absolute Gasteiger partial charge is 0.233 e. The Hall–Kier alpha value is -1.62. The number of amides is 1. The van der Waals surface area contributed by atoms with E-state index in [1.54, 1.807) is 6.08 Å². The van der Waals surface area contributed by atoms with E-state index in [4.69, 9.17) is 0 Å². The lowest BCUT2D eigenvalue weighted by molar-refractivity contribution is -0.143. The zero-order chi connectivity index (χ0) is 18.8. The maximum absolute atomic E-state index is 14.0. The average Bonchev–Trinajstić information content (AvgIpc) is 2.95. The summed E-state index contributed by atoms with van der Waals surface area (Å²) in [4.78, 5) is 15.8. The van der Waals surface area contributed by atoms with Crippen molar-refractivity contribution < 1.29 is 13.2 Å². The highest BCUT2D eigenvalue weighted by Crippen LogP contribution is 2.60. The zero-order valence-corrected chi connectivity index (χ0v) is 16.6. The Balaban J connectivity index is 1.53. The number of nitrogens with zero attached hydrogens (tertiary/aromatic N) is 1. The van der Waals surface area contributed by atoms with Gasteiger partial charge in [-0.1, -0.05) is 17.7 Å². The summed E-state index contributed by atoms with van der Waals surface area (Å²) in [6, 6.07) is 7.54. The van der Waals surface area contributed by atoms with E-state index in [0.29, 0.717) is 17.8 Å². The molecule has 4 aliphatic carbocycles. The van der Waals surface area contributed by atoms with Crippen molar-refractivity contribution in [1.82, 2.24) is 0 Å². The van der Waals surface area contributed by atoms with Gasteiger partial charge in [0.15, 0.2) is 9.84 Å². The molecular weight excluding hydrogens is 358 g/mol. The van der Waals surface area contributed by atoms with Crippen molar-refractivity contribution in [3.8, 4) is 0 Å². The third kappa shape index (κ3) is 2.95. The maximum atomic E-state index is 14.0. The lowest BCUT2D eigenvalue weighted by Gasteiger charge is -2.57. The Bertz CT molecular complexity index is 865. The first-order valence-corrected chi connectivity index (χ1v) is 11.9. The fourth-order valence-electron chi connectivity index (χ4n) is 6.51. The number of aryl methyl sites for hydroxylation is 1. The topological polar surface area (TPSA) is 54.5 Å².